The summed E-state index contributed by atoms with van der Waals surface area (Å²) in [7, 11) is 0. The van der Waals surface area contributed by atoms with E-state index in [1.807, 2.05) is 64.4 Å². The molecule has 6 nitrogen and oxygen atoms in total. The van der Waals surface area contributed by atoms with Gasteiger partial charge in [0.25, 0.3) is 5.91 Å². The molecule has 3 heterocycles. The Hall–Kier alpha value is -2.93. The van der Waals surface area contributed by atoms with Crippen LogP contribution in [0.5, 0.6) is 0 Å². The summed E-state index contributed by atoms with van der Waals surface area (Å²) in [6.45, 7) is 3.88. The molecule has 0 bridgehead atoms. The number of likely N-dealkylation sites (tertiary alicyclic amines) is 1. The van der Waals surface area contributed by atoms with E-state index >= 15 is 0 Å². The van der Waals surface area contributed by atoms with Gasteiger partial charge in [0.05, 0.1) is 22.2 Å². The van der Waals surface area contributed by atoms with Crippen LogP contribution in [0.1, 0.15) is 40.2 Å². The lowest BCUT2D eigenvalue weighted by molar-refractivity contribution is -0.126. The maximum absolute atomic E-state index is 12.7. The number of benzene rings is 1. The Morgan fingerprint density at radius 1 is 1.19 bits per heavy atom. The molecule has 0 saturated carbocycles. The summed E-state index contributed by atoms with van der Waals surface area (Å²) in [6.07, 6.45) is 5.50. The van der Waals surface area contributed by atoms with Crippen LogP contribution in [-0.4, -0.2) is 46.1 Å². The van der Waals surface area contributed by atoms with Gasteiger partial charge in [-0.3, -0.25) is 9.59 Å². The van der Waals surface area contributed by atoms with Crippen molar-refractivity contribution >= 4 is 23.2 Å². The summed E-state index contributed by atoms with van der Waals surface area (Å²) in [5, 5.41) is 9.59. The zero-order chi connectivity index (χ0) is 21.6. The summed E-state index contributed by atoms with van der Waals surface area (Å²) >= 11 is 1.45. The van der Waals surface area contributed by atoms with Crippen LogP contribution in [0.15, 0.2) is 54.0 Å². The number of rotatable bonds is 7. The van der Waals surface area contributed by atoms with E-state index in [2.05, 4.69) is 16.6 Å². The fourth-order valence-corrected chi connectivity index (χ4v) is 4.71. The van der Waals surface area contributed by atoms with Gasteiger partial charge in [0.2, 0.25) is 5.91 Å². The molecule has 31 heavy (non-hydrogen) atoms. The molecule has 4 rings (SSSR count). The van der Waals surface area contributed by atoms with Crippen LogP contribution in [0.25, 0.3) is 5.69 Å². The van der Waals surface area contributed by atoms with Gasteiger partial charge in [-0.2, -0.15) is 5.10 Å². The molecule has 0 radical (unpaired) electrons. The van der Waals surface area contributed by atoms with Crippen LogP contribution in [0.4, 0.5) is 0 Å². The van der Waals surface area contributed by atoms with E-state index < -0.39 is 0 Å². The van der Waals surface area contributed by atoms with Gasteiger partial charge in [-0.1, -0.05) is 24.3 Å². The van der Waals surface area contributed by atoms with Gasteiger partial charge in [0, 0.05) is 25.8 Å². The Kier molecular flexibility index (Phi) is 6.82. The Labute approximate surface area is 186 Å². The lowest BCUT2D eigenvalue weighted by atomic mass is 9.97. The summed E-state index contributed by atoms with van der Waals surface area (Å²) in [5.74, 6) is -0.0287. The van der Waals surface area contributed by atoms with E-state index in [1.54, 1.807) is 0 Å². The third-order valence-corrected chi connectivity index (χ3v) is 6.61. The molecule has 1 fully saturated rings. The topological polar surface area (TPSA) is 67.2 Å². The molecule has 162 valence electrons. The third-order valence-electron chi connectivity index (χ3n) is 5.75. The molecule has 1 aromatic carbocycles. The van der Waals surface area contributed by atoms with Crippen LogP contribution >= 0.6 is 11.3 Å². The van der Waals surface area contributed by atoms with E-state index in [0.717, 1.165) is 48.5 Å². The number of aromatic nitrogens is 2. The number of para-hydroxylation sites is 1. The highest BCUT2D eigenvalue weighted by Crippen LogP contribution is 2.21. The lowest BCUT2D eigenvalue weighted by Gasteiger charge is -2.31. The zero-order valence-corrected chi connectivity index (χ0v) is 18.6. The number of hydrogen-bond donors (Lipinski definition) is 1. The molecule has 3 aromatic rings. The van der Waals surface area contributed by atoms with Crippen molar-refractivity contribution in [1.29, 1.82) is 0 Å². The summed E-state index contributed by atoms with van der Waals surface area (Å²) in [5.41, 5.74) is 3.26. The van der Waals surface area contributed by atoms with Crippen LogP contribution in [0, 0.1) is 12.8 Å². The molecule has 1 saturated heterocycles. The monoisotopic (exact) mass is 436 g/mol. The quantitative estimate of drug-likeness (QED) is 0.572. The molecule has 2 aromatic heterocycles. The SMILES string of the molecule is Cc1nn(-c2ccccc2)cc1CCCNC(=O)C1CCCN(C(=O)c2cccs2)C1. The second kappa shape index (κ2) is 9.92. The number of hydrogen-bond acceptors (Lipinski definition) is 4. The maximum Gasteiger partial charge on any atom is 0.263 e. The summed E-state index contributed by atoms with van der Waals surface area (Å²) in [4.78, 5) is 27.8. The Morgan fingerprint density at radius 2 is 2.03 bits per heavy atom. The van der Waals surface area contributed by atoms with Crippen molar-refractivity contribution in [2.45, 2.75) is 32.6 Å². The number of amides is 2. The van der Waals surface area contributed by atoms with Crippen molar-refractivity contribution < 1.29 is 9.59 Å². The maximum atomic E-state index is 12.7. The van der Waals surface area contributed by atoms with Gasteiger partial charge in [-0.15, -0.1) is 11.3 Å². The van der Waals surface area contributed by atoms with Gasteiger partial charge >= 0.3 is 0 Å². The fraction of sp³-hybridized carbons (Fsp3) is 0.375. The van der Waals surface area contributed by atoms with Crippen LogP contribution < -0.4 is 5.32 Å². The van der Waals surface area contributed by atoms with Gasteiger partial charge in [0.1, 0.15) is 0 Å². The van der Waals surface area contributed by atoms with E-state index in [-0.39, 0.29) is 17.7 Å². The molecule has 0 spiro atoms. The van der Waals surface area contributed by atoms with Crippen molar-refractivity contribution in [2.24, 2.45) is 5.92 Å². The standard InChI is InChI=1S/C24H28N4O2S/c1-18-19(17-28(26-18)21-10-3-2-4-11-21)8-5-13-25-23(29)20-9-6-14-27(16-20)24(30)22-12-7-15-31-22/h2-4,7,10-12,15,17,20H,5-6,8-9,13-14,16H2,1H3,(H,25,29). The fourth-order valence-electron chi connectivity index (χ4n) is 4.02. The smallest absolute Gasteiger partial charge is 0.263 e. The third kappa shape index (κ3) is 5.22. The highest BCUT2D eigenvalue weighted by atomic mass is 32.1. The predicted molar refractivity (Wildman–Crippen MR) is 123 cm³/mol. The second-order valence-electron chi connectivity index (χ2n) is 7.98. The van der Waals surface area contributed by atoms with Gasteiger partial charge in [0.15, 0.2) is 0 Å². The zero-order valence-electron chi connectivity index (χ0n) is 17.8. The summed E-state index contributed by atoms with van der Waals surface area (Å²) in [6, 6.07) is 13.8. The molecule has 7 heteroatoms. The van der Waals surface area contributed by atoms with Crippen LogP contribution in [-0.2, 0) is 11.2 Å². The molecule has 0 aliphatic carbocycles. The van der Waals surface area contributed by atoms with Crippen molar-refractivity contribution in [3.8, 4) is 5.69 Å². The number of carbonyl (C=O) groups excluding carboxylic acids is 2. The Bertz CT molecular complexity index is 1010. The Morgan fingerprint density at radius 3 is 2.81 bits per heavy atom. The van der Waals surface area contributed by atoms with Crippen molar-refractivity contribution in [3.63, 3.8) is 0 Å². The average molecular weight is 437 g/mol. The Balaban J connectivity index is 1.24. The predicted octanol–water partition coefficient (Wildman–Crippen LogP) is 3.84. The van der Waals surface area contributed by atoms with Crippen molar-refractivity contribution in [3.05, 3.63) is 70.2 Å². The molecule has 1 aliphatic heterocycles. The normalized spacial score (nSPS) is 16.3. The first-order valence-electron chi connectivity index (χ1n) is 10.8. The molecule has 1 N–H and O–H groups in total. The van der Waals surface area contributed by atoms with E-state index in [4.69, 9.17) is 0 Å². The number of aryl methyl sites for hydroxylation is 2. The van der Waals surface area contributed by atoms with Crippen molar-refractivity contribution in [1.82, 2.24) is 20.0 Å². The number of carbonyl (C=O) groups is 2. The molecule has 1 unspecified atom stereocenters. The first kappa shape index (κ1) is 21.3. The molecular weight excluding hydrogens is 408 g/mol. The van der Waals surface area contributed by atoms with E-state index in [9.17, 15) is 9.59 Å². The van der Waals surface area contributed by atoms with Gasteiger partial charge < -0.3 is 10.2 Å². The van der Waals surface area contributed by atoms with Crippen LogP contribution in [0.2, 0.25) is 0 Å². The van der Waals surface area contributed by atoms with Crippen molar-refractivity contribution in [2.75, 3.05) is 19.6 Å². The average Bonchev–Trinajstić information content (AvgIpc) is 3.47. The number of nitrogens with zero attached hydrogens (tertiary/aromatic N) is 3. The lowest BCUT2D eigenvalue weighted by Crippen LogP contribution is -2.45. The second-order valence-corrected chi connectivity index (χ2v) is 8.93. The molecule has 2 amide bonds. The highest BCUT2D eigenvalue weighted by molar-refractivity contribution is 7.12. The largest absolute Gasteiger partial charge is 0.356 e. The molecule has 1 atom stereocenters. The molecular formula is C24H28N4O2S. The minimum absolute atomic E-state index is 0.0402. The number of thiophene rings is 1. The number of piperidine rings is 1. The minimum Gasteiger partial charge on any atom is -0.356 e. The first-order chi connectivity index (χ1) is 15.1. The van der Waals surface area contributed by atoms with Crippen LogP contribution in [0.3, 0.4) is 0 Å². The highest BCUT2D eigenvalue weighted by Gasteiger charge is 2.29. The van der Waals surface area contributed by atoms with Gasteiger partial charge in [-0.05, 0) is 61.7 Å². The van der Waals surface area contributed by atoms with Gasteiger partial charge in [-0.25, -0.2) is 4.68 Å². The first-order valence-corrected chi connectivity index (χ1v) is 11.7. The van der Waals surface area contributed by atoms with E-state index in [1.165, 1.54) is 16.9 Å². The van der Waals surface area contributed by atoms with E-state index in [0.29, 0.717) is 13.1 Å². The minimum atomic E-state index is -0.125. The summed E-state index contributed by atoms with van der Waals surface area (Å²) < 4.78 is 1.91. The molecule has 1 aliphatic rings. The number of nitrogens with one attached hydrogen (secondary N) is 1.